The molecule has 0 saturated carbocycles. The number of para-hydroxylation sites is 1. The topological polar surface area (TPSA) is 3.24 Å². The molecule has 0 fully saturated rings. The summed E-state index contributed by atoms with van der Waals surface area (Å²) < 4.78 is 0. The van der Waals surface area contributed by atoms with Gasteiger partial charge >= 0.3 is 0 Å². The molecule has 0 saturated heterocycles. The van der Waals surface area contributed by atoms with Crippen LogP contribution in [0, 0.1) is 0 Å². The first-order chi connectivity index (χ1) is 10.3. The van der Waals surface area contributed by atoms with Crippen LogP contribution in [-0.4, -0.2) is 6.54 Å². The molecule has 1 aromatic rings. The zero-order valence-electron chi connectivity index (χ0n) is 14.9. The van der Waals surface area contributed by atoms with Crippen LogP contribution in [0.25, 0.3) is 6.08 Å². The Morgan fingerprint density at radius 3 is 2.29 bits per heavy atom. The van der Waals surface area contributed by atoms with E-state index in [2.05, 4.69) is 55.7 Å². The van der Waals surface area contributed by atoms with Gasteiger partial charge in [0.25, 0.3) is 0 Å². The molecule has 118 valence electrons. The van der Waals surface area contributed by atoms with E-state index in [9.17, 15) is 0 Å². The number of allylic oxidation sites excluding steroid dienone is 1. The van der Waals surface area contributed by atoms with Gasteiger partial charge in [-0.3, -0.25) is 0 Å². The first-order valence-corrected chi connectivity index (χ1v) is 8.54. The van der Waals surface area contributed by atoms with Crippen molar-refractivity contribution >= 4 is 11.8 Å². The second kappa shape index (κ2) is 11.2. The molecule has 0 atom stereocenters. The van der Waals surface area contributed by atoms with Crippen molar-refractivity contribution in [3.8, 4) is 0 Å². The monoisotopic (exact) mass is 287 g/mol. The Kier molecular flexibility index (Phi) is 10.4. The van der Waals surface area contributed by atoms with Crippen LogP contribution in [-0.2, 0) is 6.42 Å². The Hall–Kier alpha value is -1.50. The largest absolute Gasteiger partial charge is 0.341 e. The standard InChI is InChI=1S/C13H13N.C3H8.2C2H6/c1-10-7-8-12-5-2-4-11-6-3-9-14(10)13(11)12;1-3-2;2*1-2/h2,4-5,7-8H,1,3,6,9H2;3H2,1-2H3;2*1-2H3. The maximum Gasteiger partial charge on any atom is 0.0516 e. The van der Waals surface area contributed by atoms with Gasteiger partial charge in [-0.15, -0.1) is 0 Å². The molecule has 1 aromatic carbocycles. The van der Waals surface area contributed by atoms with Crippen molar-refractivity contribution in [2.24, 2.45) is 0 Å². The van der Waals surface area contributed by atoms with E-state index in [1.165, 1.54) is 36.1 Å². The lowest BCUT2D eigenvalue weighted by Gasteiger charge is -2.35. The van der Waals surface area contributed by atoms with Gasteiger partial charge in [-0.2, -0.15) is 0 Å². The number of nitrogens with zero attached hydrogens (tertiary/aromatic N) is 1. The van der Waals surface area contributed by atoms with E-state index >= 15 is 0 Å². The Morgan fingerprint density at radius 2 is 1.67 bits per heavy atom. The summed E-state index contributed by atoms with van der Waals surface area (Å²) in [6.07, 6.45) is 7.98. The van der Waals surface area contributed by atoms with Crippen LogP contribution in [0.3, 0.4) is 0 Å². The average molecular weight is 287 g/mol. The molecule has 2 aliphatic heterocycles. The minimum absolute atomic E-state index is 1.12. The fraction of sp³-hybridized carbons (Fsp3) is 0.500. The Balaban J connectivity index is 0.000000500. The van der Waals surface area contributed by atoms with Crippen LogP contribution in [0.2, 0.25) is 0 Å². The van der Waals surface area contributed by atoms with Gasteiger partial charge in [0.05, 0.1) is 5.69 Å². The SMILES string of the molecule is C=C1C=Cc2cccc3c2N1CCC3.CC.CC.CCC. The third kappa shape index (κ3) is 5.08. The summed E-state index contributed by atoms with van der Waals surface area (Å²) in [7, 11) is 0. The van der Waals surface area contributed by atoms with E-state index in [0.29, 0.717) is 0 Å². The second-order valence-corrected chi connectivity index (χ2v) is 4.64. The van der Waals surface area contributed by atoms with Gasteiger partial charge in [0.2, 0.25) is 0 Å². The predicted octanol–water partition coefficient (Wildman–Crippen LogP) is 6.45. The molecule has 0 N–H and O–H groups in total. The van der Waals surface area contributed by atoms with Crippen molar-refractivity contribution in [1.29, 1.82) is 0 Å². The van der Waals surface area contributed by atoms with Gasteiger partial charge in [-0.05, 0) is 30.0 Å². The highest BCUT2D eigenvalue weighted by Gasteiger charge is 2.22. The van der Waals surface area contributed by atoms with Crippen LogP contribution in [0.1, 0.15) is 65.5 Å². The molecular formula is C20H33N. The van der Waals surface area contributed by atoms with Gasteiger partial charge in [-0.25, -0.2) is 0 Å². The molecule has 2 aliphatic rings. The summed E-state index contributed by atoms with van der Waals surface area (Å²) in [5.74, 6) is 0. The molecule has 0 amide bonds. The number of hydrogen-bond acceptors (Lipinski definition) is 1. The zero-order chi connectivity index (χ0) is 16.3. The molecule has 0 spiro atoms. The summed E-state index contributed by atoms with van der Waals surface area (Å²) in [5, 5.41) is 0. The summed E-state index contributed by atoms with van der Waals surface area (Å²) in [5.41, 5.74) is 5.34. The number of rotatable bonds is 0. The van der Waals surface area contributed by atoms with Crippen molar-refractivity contribution in [3.05, 3.63) is 47.7 Å². The summed E-state index contributed by atoms with van der Waals surface area (Å²) in [6, 6.07) is 6.56. The second-order valence-electron chi connectivity index (χ2n) is 4.64. The van der Waals surface area contributed by atoms with Crippen LogP contribution >= 0.6 is 0 Å². The van der Waals surface area contributed by atoms with E-state index in [1.807, 2.05) is 27.7 Å². The first kappa shape index (κ1) is 19.5. The number of anilines is 1. The van der Waals surface area contributed by atoms with E-state index in [4.69, 9.17) is 0 Å². The molecule has 0 aromatic heterocycles. The molecule has 21 heavy (non-hydrogen) atoms. The van der Waals surface area contributed by atoms with Gasteiger partial charge in [0.15, 0.2) is 0 Å². The van der Waals surface area contributed by atoms with Gasteiger partial charge in [0, 0.05) is 12.2 Å². The smallest absolute Gasteiger partial charge is 0.0516 e. The summed E-state index contributed by atoms with van der Waals surface area (Å²) in [6.45, 7) is 17.4. The van der Waals surface area contributed by atoms with Crippen molar-refractivity contribution in [2.45, 2.75) is 60.8 Å². The van der Waals surface area contributed by atoms with Crippen molar-refractivity contribution in [3.63, 3.8) is 0 Å². The van der Waals surface area contributed by atoms with Crippen molar-refractivity contribution < 1.29 is 0 Å². The maximum atomic E-state index is 4.08. The minimum atomic E-state index is 1.12. The molecule has 0 radical (unpaired) electrons. The van der Waals surface area contributed by atoms with E-state index in [1.54, 1.807) is 0 Å². The summed E-state index contributed by atoms with van der Waals surface area (Å²) in [4.78, 5) is 2.34. The van der Waals surface area contributed by atoms with Crippen LogP contribution in [0.5, 0.6) is 0 Å². The molecule has 0 unspecified atom stereocenters. The summed E-state index contributed by atoms with van der Waals surface area (Å²) >= 11 is 0. The lowest BCUT2D eigenvalue weighted by Crippen LogP contribution is -2.29. The lowest BCUT2D eigenvalue weighted by molar-refractivity contribution is 0.749. The minimum Gasteiger partial charge on any atom is -0.341 e. The molecule has 0 bridgehead atoms. The Morgan fingerprint density at radius 1 is 1.05 bits per heavy atom. The third-order valence-corrected chi connectivity index (χ3v) is 3.05. The zero-order valence-corrected chi connectivity index (χ0v) is 14.9. The molecule has 1 heteroatoms. The van der Waals surface area contributed by atoms with Gasteiger partial charge < -0.3 is 4.90 Å². The van der Waals surface area contributed by atoms with Crippen molar-refractivity contribution in [2.75, 3.05) is 11.4 Å². The first-order valence-electron chi connectivity index (χ1n) is 8.54. The van der Waals surface area contributed by atoms with E-state index in [0.717, 1.165) is 12.2 Å². The highest BCUT2D eigenvalue weighted by Crippen LogP contribution is 2.36. The number of benzene rings is 1. The lowest BCUT2D eigenvalue weighted by atomic mass is 9.94. The molecule has 1 nitrogen and oxygen atoms in total. The third-order valence-electron chi connectivity index (χ3n) is 3.05. The Bertz CT molecular complexity index is 443. The quantitative estimate of drug-likeness (QED) is 0.530. The van der Waals surface area contributed by atoms with Crippen LogP contribution in [0.4, 0.5) is 5.69 Å². The number of aryl methyl sites for hydroxylation is 1. The Labute approximate surface area is 132 Å². The van der Waals surface area contributed by atoms with E-state index in [-0.39, 0.29) is 0 Å². The fourth-order valence-electron chi connectivity index (χ4n) is 2.38. The molecule has 3 rings (SSSR count). The van der Waals surface area contributed by atoms with Gasteiger partial charge in [-0.1, -0.05) is 78.8 Å². The number of hydrogen-bond donors (Lipinski definition) is 0. The van der Waals surface area contributed by atoms with Crippen LogP contribution < -0.4 is 4.90 Å². The highest BCUT2D eigenvalue weighted by molar-refractivity contribution is 5.79. The predicted molar refractivity (Wildman–Crippen MR) is 98.9 cm³/mol. The normalized spacial score (nSPS) is 13.6. The molecule has 0 aliphatic carbocycles. The molecular weight excluding hydrogens is 254 g/mol. The molecule has 2 heterocycles. The average Bonchev–Trinajstić information content (AvgIpc) is 2.56. The van der Waals surface area contributed by atoms with Crippen molar-refractivity contribution in [1.82, 2.24) is 0 Å². The highest BCUT2D eigenvalue weighted by atomic mass is 15.1. The fourth-order valence-corrected chi connectivity index (χ4v) is 2.38. The maximum absolute atomic E-state index is 4.08. The van der Waals surface area contributed by atoms with E-state index < -0.39 is 0 Å². The van der Waals surface area contributed by atoms with Gasteiger partial charge in [0.1, 0.15) is 0 Å². The van der Waals surface area contributed by atoms with Crippen LogP contribution in [0.15, 0.2) is 36.6 Å².